The number of nitrogens with zero attached hydrogens (tertiary/aromatic N) is 1. The minimum Gasteiger partial charge on any atom is -0.446 e. The van der Waals surface area contributed by atoms with E-state index in [0.717, 1.165) is 36.7 Å². The number of aryl methyl sites for hydroxylation is 2. The van der Waals surface area contributed by atoms with E-state index in [2.05, 4.69) is 17.2 Å². The highest BCUT2D eigenvalue weighted by atomic mass is 16.4. The first-order valence-corrected chi connectivity index (χ1v) is 5.48. The summed E-state index contributed by atoms with van der Waals surface area (Å²) in [5.74, 6) is 1.87. The molecule has 1 aromatic heterocycles. The molecule has 1 aliphatic heterocycles. The van der Waals surface area contributed by atoms with Crippen molar-refractivity contribution in [2.24, 2.45) is 0 Å². The topological polar surface area (TPSA) is 38.1 Å². The average molecular weight is 194 g/mol. The van der Waals surface area contributed by atoms with E-state index < -0.39 is 0 Å². The average Bonchev–Trinajstić information content (AvgIpc) is 2.78. The van der Waals surface area contributed by atoms with E-state index in [9.17, 15) is 0 Å². The standard InChI is InChI=1S/C11H18N2O/c1-3-11-13-10(8(2)14-11)7-9-5-4-6-12-9/h9,12H,3-7H2,1-2H3. The molecule has 1 unspecified atom stereocenters. The molecule has 1 saturated heterocycles. The van der Waals surface area contributed by atoms with E-state index in [4.69, 9.17) is 4.42 Å². The molecule has 0 aliphatic carbocycles. The summed E-state index contributed by atoms with van der Waals surface area (Å²) in [5, 5.41) is 3.48. The van der Waals surface area contributed by atoms with Gasteiger partial charge in [0.25, 0.3) is 0 Å². The summed E-state index contributed by atoms with van der Waals surface area (Å²) in [5.41, 5.74) is 1.14. The lowest BCUT2D eigenvalue weighted by atomic mass is 10.1. The zero-order valence-electron chi connectivity index (χ0n) is 8.97. The van der Waals surface area contributed by atoms with Crippen molar-refractivity contribution in [1.29, 1.82) is 0 Å². The van der Waals surface area contributed by atoms with E-state index in [1.165, 1.54) is 12.8 Å². The SMILES string of the molecule is CCc1nc(CC2CCCN2)c(C)o1. The zero-order valence-corrected chi connectivity index (χ0v) is 8.97. The van der Waals surface area contributed by atoms with Crippen molar-refractivity contribution in [3.63, 3.8) is 0 Å². The van der Waals surface area contributed by atoms with Crippen LogP contribution < -0.4 is 5.32 Å². The zero-order chi connectivity index (χ0) is 9.97. The normalized spacial score (nSPS) is 21.7. The number of aromatic nitrogens is 1. The van der Waals surface area contributed by atoms with Gasteiger partial charge in [0.15, 0.2) is 5.89 Å². The van der Waals surface area contributed by atoms with Crippen LogP contribution >= 0.6 is 0 Å². The van der Waals surface area contributed by atoms with Gasteiger partial charge >= 0.3 is 0 Å². The number of oxazole rings is 1. The lowest BCUT2D eigenvalue weighted by molar-refractivity contribution is 0.474. The second kappa shape index (κ2) is 4.13. The number of rotatable bonds is 3. The maximum atomic E-state index is 5.54. The molecule has 1 aromatic rings. The summed E-state index contributed by atoms with van der Waals surface area (Å²) in [6.45, 7) is 5.24. The molecule has 0 aromatic carbocycles. The van der Waals surface area contributed by atoms with Crippen LogP contribution in [0.5, 0.6) is 0 Å². The van der Waals surface area contributed by atoms with Gasteiger partial charge in [-0.05, 0) is 26.3 Å². The monoisotopic (exact) mass is 194 g/mol. The van der Waals surface area contributed by atoms with Gasteiger partial charge in [0, 0.05) is 18.9 Å². The largest absolute Gasteiger partial charge is 0.446 e. The van der Waals surface area contributed by atoms with Crippen molar-refractivity contribution >= 4 is 0 Å². The maximum Gasteiger partial charge on any atom is 0.194 e. The third kappa shape index (κ3) is 1.98. The third-order valence-corrected chi connectivity index (χ3v) is 2.84. The Morgan fingerprint density at radius 2 is 2.43 bits per heavy atom. The maximum absolute atomic E-state index is 5.54. The Morgan fingerprint density at radius 3 is 3.00 bits per heavy atom. The summed E-state index contributed by atoms with van der Waals surface area (Å²) >= 11 is 0. The summed E-state index contributed by atoms with van der Waals surface area (Å²) < 4.78 is 5.54. The molecule has 1 fully saturated rings. The van der Waals surface area contributed by atoms with E-state index in [1.807, 2.05) is 6.92 Å². The predicted octanol–water partition coefficient (Wildman–Crippen LogP) is 1.84. The molecule has 0 radical (unpaired) electrons. The Bertz CT molecular complexity index is 300. The van der Waals surface area contributed by atoms with Gasteiger partial charge in [-0.1, -0.05) is 6.92 Å². The molecule has 2 heterocycles. The van der Waals surface area contributed by atoms with Gasteiger partial charge in [0.1, 0.15) is 5.76 Å². The van der Waals surface area contributed by atoms with Gasteiger partial charge in [-0.25, -0.2) is 4.98 Å². The van der Waals surface area contributed by atoms with Gasteiger partial charge < -0.3 is 9.73 Å². The molecule has 0 saturated carbocycles. The molecule has 1 N–H and O–H groups in total. The molecule has 1 atom stereocenters. The summed E-state index contributed by atoms with van der Waals surface area (Å²) in [6.07, 6.45) is 4.48. The van der Waals surface area contributed by atoms with Crippen LogP contribution in [0.15, 0.2) is 4.42 Å². The highest BCUT2D eigenvalue weighted by Gasteiger charge is 2.18. The Kier molecular flexibility index (Phi) is 2.87. The van der Waals surface area contributed by atoms with Gasteiger partial charge in [-0.3, -0.25) is 0 Å². The molecular weight excluding hydrogens is 176 g/mol. The van der Waals surface area contributed by atoms with Crippen LogP contribution in [-0.4, -0.2) is 17.6 Å². The molecule has 14 heavy (non-hydrogen) atoms. The smallest absolute Gasteiger partial charge is 0.194 e. The van der Waals surface area contributed by atoms with Crippen molar-refractivity contribution in [3.05, 3.63) is 17.3 Å². The lowest BCUT2D eigenvalue weighted by Crippen LogP contribution is -2.24. The van der Waals surface area contributed by atoms with Crippen LogP contribution in [0, 0.1) is 6.92 Å². The molecule has 1 aliphatic rings. The van der Waals surface area contributed by atoms with Crippen LogP contribution in [0.25, 0.3) is 0 Å². The van der Waals surface area contributed by atoms with Gasteiger partial charge in [0.05, 0.1) is 5.69 Å². The van der Waals surface area contributed by atoms with Crippen molar-refractivity contribution in [2.45, 2.75) is 45.6 Å². The Hall–Kier alpha value is -0.830. The first-order chi connectivity index (χ1) is 6.79. The number of hydrogen-bond acceptors (Lipinski definition) is 3. The second-order valence-corrected chi connectivity index (χ2v) is 3.96. The molecule has 2 rings (SSSR count). The van der Waals surface area contributed by atoms with Crippen LogP contribution in [0.4, 0.5) is 0 Å². The second-order valence-electron chi connectivity index (χ2n) is 3.96. The molecule has 3 nitrogen and oxygen atoms in total. The Balaban J connectivity index is 2.03. The lowest BCUT2D eigenvalue weighted by Gasteiger charge is -2.06. The van der Waals surface area contributed by atoms with Crippen molar-refractivity contribution in [1.82, 2.24) is 10.3 Å². The van der Waals surface area contributed by atoms with Crippen LogP contribution in [0.2, 0.25) is 0 Å². The third-order valence-electron chi connectivity index (χ3n) is 2.84. The van der Waals surface area contributed by atoms with Crippen LogP contribution in [0.3, 0.4) is 0 Å². The Labute approximate surface area is 84.9 Å². The molecule has 3 heteroatoms. The molecular formula is C11H18N2O. The van der Waals surface area contributed by atoms with Gasteiger partial charge in [-0.15, -0.1) is 0 Å². The highest BCUT2D eigenvalue weighted by Crippen LogP contribution is 2.16. The van der Waals surface area contributed by atoms with Crippen molar-refractivity contribution in [2.75, 3.05) is 6.54 Å². The van der Waals surface area contributed by atoms with Gasteiger partial charge in [0.2, 0.25) is 0 Å². The van der Waals surface area contributed by atoms with Gasteiger partial charge in [-0.2, -0.15) is 0 Å². The van der Waals surface area contributed by atoms with E-state index in [1.54, 1.807) is 0 Å². The summed E-state index contributed by atoms with van der Waals surface area (Å²) in [4.78, 5) is 4.49. The fourth-order valence-corrected chi connectivity index (χ4v) is 1.99. The van der Waals surface area contributed by atoms with Crippen molar-refractivity contribution in [3.8, 4) is 0 Å². The first-order valence-electron chi connectivity index (χ1n) is 5.48. The molecule has 0 bridgehead atoms. The minimum atomic E-state index is 0.614. The quantitative estimate of drug-likeness (QED) is 0.798. The molecule has 0 amide bonds. The van der Waals surface area contributed by atoms with E-state index >= 15 is 0 Å². The van der Waals surface area contributed by atoms with E-state index in [0.29, 0.717) is 6.04 Å². The number of nitrogens with one attached hydrogen (secondary N) is 1. The predicted molar refractivity (Wildman–Crippen MR) is 55.3 cm³/mol. The fraction of sp³-hybridized carbons (Fsp3) is 0.727. The molecule has 78 valence electrons. The van der Waals surface area contributed by atoms with Crippen LogP contribution in [0.1, 0.15) is 37.1 Å². The number of hydrogen-bond donors (Lipinski definition) is 1. The highest BCUT2D eigenvalue weighted by molar-refractivity contribution is 5.10. The van der Waals surface area contributed by atoms with Crippen molar-refractivity contribution < 1.29 is 4.42 Å². The minimum absolute atomic E-state index is 0.614. The first kappa shape index (κ1) is 9.71. The fourth-order valence-electron chi connectivity index (χ4n) is 1.99. The molecule has 0 spiro atoms. The summed E-state index contributed by atoms with van der Waals surface area (Å²) in [7, 11) is 0. The van der Waals surface area contributed by atoms with Crippen LogP contribution in [-0.2, 0) is 12.8 Å². The Morgan fingerprint density at radius 1 is 1.57 bits per heavy atom. The van der Waals surface area contributed by atoms with E-state index in [-0.39, 0.29) is 0 Å². The summed E-state index contributed by atoms with van der Waals surface area (Å²) in [6, 6.07) is 0.614.